The van der Waals surface area contributed by atoms with E-state index in [1.54, 1.807) is 19.9 Å². The number of ether oxygens (including phenoxy) is 1. The Labute approximate surface area is 112 Å². The smallest absolute Gasteiger partial charge is 0.340 e. The Morgan fingerprint density at radius 3 is 2.42 bits per heavy atom. The van der Waals surface area contributed by atoms with E-state index in [2.05, 4.69) is 4.98 Å². The largest absolute Gasteiger partial charge is 0.505 e. The van der Waals surface area contributed by atoms with Crippen LogP contribution in [-0.2, 0) is 4.74 Å². The van der Waals surface area contributed by atoms with Gasteiger partial charge >= 0.3 is 5.97 Å². The van der Waals surface area contributed by atoms with Gasteiger partial charge in [0.25, 0.3) is 0 Å². The molecule has 19 heavy (non-hydrogen) atoms. The first kappa shape index (κ1) is 15.0. The molecule has 5 nitrogen and oxygen atoms in total. The molecule has 2 N–H and O–H groups in total. The third-order valence-electron chi connectivity index (χ3n) is 2.86. The molecule has 0 saturated heterocycles. The maximum Gasteiger partial charge on any atom is 0.340 e. The first-order valence-electron chi connectivity index (χ1n) is 5.98. The van der Waals surface area contributed by atoms with Crippen LogP contribution in [0.5, 0.6) is 5.75 Å². The van der Waals surface area contributed by atoms with Crippen molar-refractivity contribution in [3.8, 4) is 5.75 Å². The molecule has 104 valence electrons. The number of allylic oxidation sites excluding steroid dienone is 1. The van der Waals surface area contributed by atoms with Crippen molar-refractivity contribution < 1.29 is 19.7 Å². The Morgan fingerprint density at radius 2 is 2.00 bits per heavy atom. The number of rotatable bonds is 4. The molecule has 0 amide bonds. The third kappa shape index (κ3) is 3.05. The van der Waals surface area contributed by atoms with Crippen molar-refractivity contribution in [2.24, 2.45) is 0 Å². The predicted molar refractivity (Wildman–Crippen MR) is 72.3 cm³/mol. The topological polar surface area (TPSA) is 79.7 Å². The Morgan fingerprint density at radius 1 is 1.42 bits per heavy atom. The van der Waals surface area contributed by atoms with E-state index in [0.717, 1.165) is 0 Å². The summed E-state index contributed by atoms with van der Waals surface area (Å²) in [6.07, 6.45) is 1.57. The molecule has 0 bridgehead atoms. The van der Waals surface area contributed by atoms with Gasteiger partial charge in [-0.15, -0.1) is 0 Å². The van der Waals surface area contributed by atoms with E-state index in [0.29, 0.717) is 22.7 Å². The molecule has 1 aromatic heterocycles. The molecule has 0 aliphatic carbocycles. The minimum atomic E-state index is -1.18. The molecule has 5 heteroatoms. The minimum Gasteiger partial charge on any atom is -0.505 e. The van der Waals surface area contributed by atoms with Gasteiger partial charge in [-0.2, -0.15) is 0 Å². The zero-order chi connectivity index (χ0) is 14.7. The second kappa shape index (κ2) is 5.73. The molecule has 1 rings (SSSR count). The van der Waals surface area contributed by atoms with E-state index in [1.807, 2.05) is 13.8 Å². The lowest BCUT2D eigenvalue weighted by atomic mass is 9.99. The van der Waals surface area contributed by atoms with Crippen LogP contribution in [0, 0.1) is 6.92 Å². The van der Waals surface area contributed by atoms with Crippen LogP contribution in [0.15, 0.2) is 5.76 Å². The second-order valence-corrected chi connectivity index (χ2v) is 4.64. The van der Waals surface area contributed by atoms with E-state index in [-0.39, 0.29) is 17.2 Å². The summed E-state index contributed by atoms with van der Waals surface area (Å²) in [5.74, 6) is -0.967. The first-order valence-corrected chi connectivity index (χ1v) is 5.98. The fraction of sp³-hybridized carbons (Fsp3) is 0.429. The Bertz CT molecular complexity index is 533. The van der Waals surface area contributed by atoms with Crippen molar-refractivity contribution in [1.82, 2.24) is 4.98 Å². The van der Waals surface area contributed by atoms with E-state index < -0.39 is 5.97 Å². The molecule has 0 aromatic carbocycles. The van der Waals surface area contributed by atoms with Gasteiger partial charge in [0, 0.05) is 11.3 Å². The van der Waals surface area contributed by atoms with Crippen LogP contribution in [0.4, 0.5) is 0 Å². The van der Waals surface area contributed by atoms with Crippen LogP contribution in [-0.4, -0.2) is 28.3 Å². The average Bonchev–Trinajstić information content (AvgIpc) is 2.32. The highest BCUT2D eigenvalue weighted by molar-refractivity contribution is 5.96. The number of carboxylic acid groups (broad SMARTS) is 1. The zero-order valence-electron chi connectivity index (χ0n) is 11.8. The van der Waals surface area contributed by atoms with Crippen LogP contribution in [0.2, 0.25) is 0 Å². The van der Waals surface area contributed by atoms with Crippen molar-refractivity contribution >= 4 is 12.0 Å². The number of hydrogen-bond acceptors (Lipinski definition) is 4. The SMILES string of the molecule is COC(C)=Cc1c(C)nc(C(C)C)c(O)c1C(=O)O. The standard InChI is InChI=1S/C14H19NO4/c1-7(2)12-13(16)11(14(17)18)10(9(4)15-12)6-8(3)19-5/h6-7,16H,1-5H3,(H,17,18). The van der Waals surface area contributed by atoms with Gasteiger partial charge in [-0.25, -0.2) is 4.79 Å². The Hall–Kier alpha value is -2.04. The van der Waals surface area contributed by atoms with Gasteiger partial charge in [0.2, 0.25) is 0 Å². The van der Waals surface area contributed by atoms with E-state index >= 15 is 0 Å². The molecule has 0 fully saturated rings. The summed E-state index contributed by atoms with van der Waals surface area (Å²) in [6.45, 7) is 7.12. The van der Waals surface area contributed by atoms with Crippen molar-refractivity contribution in [3.05, 3.63) is 28.3 Å². The van der Waals surface area contributed by atoms with Gasteiger partial charge in [-0.05, 0) is 25.8 Å². The Balaban J connectivity index is 3.64. The summed E-state index contributed by atoms with van der Waals surface area (Å²) in [5, 5.41) is 19.4. The number of carbonyl (C=O) groups is 1. The number of carboxylic acids is 1. The molecule has 0 atom stereocenters. The molecule has 0 radical (unpaired) electrons. The lowest BCUT2D eigenvalue weighted by Crippen LogP contribution is -2.08. The highest BCUT2D eigenvalue weighted by Crippen LogP contribution is 2.32. The second-order valence-electron chi connectivity index (χ2n) is 4.64. The van der Waals surface area contributed by atoms with E-state index in [4.69, 9.17) is 4.74 Å². The number of aromatic nitrogens is 1. The van der Waals surface area contributed by atoms with Crippen LogP contribution >= 0.6 is 0 Å². The fourth-order valence-corrected chi connectivity index (χ4v) is 1.79. The molecule has 1 aromatic rings. The van der Waals surface area contributed by atoms with Gasteiger partial charge in [0.1, 0.15) is 5.56 Å². The number of hydrogen-bond donors (Lipinski definition) is 2. The summed E-state index contributed by atoms with van der Waals surface area (Å²) in [6, 6.07) is 0. The van der Waals surface area contributed by atoms with Crippen molar-refractivity contribution in [1.29, 1.82) is 0 Å². The van der Waals surface area contributed by atoms with Crippen LogP contribution in [0.1, 0.15) is 54.0 Å². The van der Waals surface area contributed by atoms with Gasteiger partial charge in [0.05, 0.1) is 18.6 Å². The summed E-state index contributed by atoms with van der Waals surface area (Å²) in [7, 11) is 1.50. The Kier molecular flexibility index (Phi) is 4.53. The third-order valence-corrected chi connectivity index (χ3v) is 2.86. The summed E-state index contributed by atoms with van der Waals surface area (Å²) < 4.78 is 5.02. The van der Waals surface area contributed by atoms with Gasteiger partial charge < -0.3 is 14.9 Å². The van der Waals surface area contributed by atoms with Gasteiger partial charge in [-0.1, -0.05) is 13.8 Å². The zero-order valence-corrected chi connectivity index (χ0v) is 11.8. The first-order chi connectivity index (χ1) is 8.79. The number of aromatic hydroxyl groups is 1. The fourth-order valence-electron chi connectivity index (χ4n) is 1.79. The summed E-state index contributed by atoms with van der Waals surface area (Å²) >= 11 is 0. The number of aromatic carboxylic acids is 1. The predicted octanol–water partition coefficient (Wildman–Crippen LogP) is 2.92. The minimum absolute atomic E-state index is 0.0571. The molecular formula is C14H19NO4. The van der Waals surface area contributed by atoms with E-state index in [9.17, 15) is 15.0 Å². The molecule has 0 aliphatic heterocycles. The monoisotopic (exact) mass is 265 g/mol. The maximum absolute atomic E-state index is 11.4. The van der Waals surface area contributed by atoms with Crippen molar-refractivity contribution in [2.75, 3.05) is 7.11 Å². The lowest BCUT2D eigenvalue weighted by Gasteiger charge is -2.14. The van der Waals surface area contributed by atoms with Crippen LogP contribution < -0.4 is 0 Å². The lowest BCUT2D eigenvalue weighted by molar-refractivity contribution is 0.0693. The highest BCUT2D eigenvalue weighted by Gasteiger charge is 2.23. The molecule has 0 spiro atoms. The van der Waals surface area contributed by atoms with Crippen LogP contribution in [0.25, 0.3) is 6.08 Å². The van der Waals surface area contributed by atoms with Gasteiger partial charge in [0.15, 0.2) is 5.75 Å². The number of aryl methyl sites for hydroxylation is 1. The normalized spacial score (nSPS) is 11.8. The molecule has 0 saturated carbocycles. The molecular weight excluding hydrogens is 246 g/mol. The van der Waals surface area contributed by atoms with Crippen LogP contribution in [0.3, 0.4) is 0 Å². The van der Waals surface area contributed by atoms with Crippen molar-refractivity contribution in [2.45, 2.75) is 33.6 Å². The van der Waals surface area contributed by atoms with Gasteiger partial charge in [-0.3, -0.25) is 4.98 Å². The average molecular weight is 265 g/mol. The summed E-state index contributed by atoms with van der Waals surface area (Å²) in [5.41, 5.74) is 1.18. The quantitative estimate of drug-likeness (QED) is 0.818. The molecule has 0 unspecified atom stereocenters. The number of nitrogens with zero attached hydrogens (tertiary/aromatic N) is 1. The van der Waals surface area contributed by atoms with E-state index in [1.165, 1.54) is 7.11 Å². The summed E-state index contributed by atoms with van der Waals surface area (Å²) in [4.78, 5) is 15.7. The highest BCUT2D eigenvalue weighted by atomic mass is 16.5. The number of methoxy groups -OCH3 is 1. The molecule has 1 heterocycles. The van der Waals surface area contributed by atoms with Crippen molar-refractivity contribution in [3.63, 3.8) is 0 Å². The maximum atomic E-state index is 11.4. The molecule has 0 aliphatic rings. The number of pyridine rings is 1.